The van der Waals surface area contributed by atoms with Crippen molar-refractivity contribution in [2.75, 3.05) is 20.2 Å². The molecule has 1 fully saturated rings. The third kappa shape index (κ3) is 3.05. The Balaban J connectivity index is 1.87. The van der Waals surface area contributed by atoms with Gasteiger partial charge >= 0.3 is 0 Å². The molecule has 2 aromatic carbocycles. The van der Waals surface area contributed by atoms with Crippen molar-refractivity contribution >= 4 is 10.0 Å². The Labute approximate surface area is 143 Å². The van der Waals surface area contributed by atoms with Crippen molar-refractivity contribution in [3.8, 4) is 5.75 Å². The van der Waals surface area contributed by atoms with Gasteiger partial charge in [0.1, 0.15) is 5.75 Å². The lowest BCUT2D eigenvalue weighted by atomic mass is 9.95. The van der Waals surface area contributed by atoms with Gasteiger partial charge in [0.15, 0.2) is 0 Å². The van der Waals surface area contributed by atoms with Gasteiger partial charge in [-0.05, 0) is 36.2 Å². The number of sulfonamides is 1. The van der Waals surface area contributed by atoms with E-state index in [4.69, 9.17) is 10.5 Å². The van der Waals surface area contributed by atoms with Crippen LogP contribution in [0.2, 0.25) is 0 Å². The zero-order valence-corrected chi connectivity index (χ0v) is 14.7. The molecule has 0 radical (unpaired) electrons. The summed E-state index contributed by atoms with van der Waals surface area (Å²) < 4.78 is 32.6. The molecule has 5 nitrogen and oxygen atoms in total. The zero-order valence-electron chi connectivity index (χ0n) is 13.8. The second kappa shape index (κ2) is 6.55. The van der Waals surface area contributed by atoms with Crippen molar-refractivity contribution in [2.45, 2.75) is 23.8 Å². The highest BCUT2D eigenvalue weighted by molar-refractivity contribution is 7.89. The van der Waals surface area contributed by atoms with Gasteiger partial charge in [0.2, 0.25) is 10.0 Å². The number of rotatable bonds is 4. The quantitative estimate of drug-likeness (QED) is 0.920. The summed E-state index contributed by atoms with van der Waals surface area (Å²) in [5.74, 6) is 0.689. The van der Waals surface area contributed by atoms with Crippen LogP contribution in [0.5, 0.6) is 5.75 Å². The number of aryl methyl sites for hydroxylation is 1. The average molecular weight is 346 g/mol. The van der Waals surface area contributed by atoms with E-state index in [1.54, 1.807) is 25.3 Å². The fourth-order valence-electron chi connectivity index (χ4n) is 3.20. The molecule has 0 spiro atoms. The lowest BCUT2D eigenvalue weighted by molar-refractivity contribution is 0.411. The second-order valence-corrected chi connectivity index (χ2v) is 8.07. The number of benzene rings is 2. The molecule has 1 heterocycles. The topological polar surface area (TPSA) is 72.6 Å². The molecule has 0 aliphatic carbocycles. The minimum Gasteiger partial charge on any atom is -0.496 e. The minimum atomic E-state index is -3.56. The first kappa shape index (κ1) is 17.0. The van der Waals surface area contributed by atoms with E-state index < -0.39 is 10.0 Å². The maximum atomic E-state index is 12.9. The van der Waals surface area contributed by atoms with Crippen LogP contribution < -0.4 is 10.5 Å². The molecule has 6 heteroatoms. The van der Waals surface area contributed by atoms with Gasteiger partial charge in [-0.2, -0.15) is 4.31 Å². The van der Waals surface area contributed by atoms with E-state index in [1.165, 1.54) is 4.31 Å². The molecule has 128 valence electrons. The Morgan fingerprint density at radius 3 is 2.46 bits per heavy atom. The molecule has 2 aromatic rings. The molecule has 24 heavy (non-hydrogen) atoms. The molecule has 2 N–H and O–H groups in total. The summed E-state index contributed by atoms with van der Waals surface area (Å²) in [6.45, 7) is 2.56. The van der Waals surface area contributed by atoms with Gasteiger partial charge in [-0.25, -0.2) is 8.42 Å². The Kier molecular flexibility index (Phi) is 4.62. The first-order valence-corrected chi connectivity index (χ1v) is 9.33. The van der Waals surface area contributed by atoms with Crippen LogP contribution in [0.3, 0.4) is 0 Å². The van der Waals surface area contributed by atoms with Crippen LogP contribution in [0.15, 0.2) is 53.4 Å². The van der Waals surface area contributed by atoms with E-state index in [0.29, 0.717) is 18.8 Å². The van der Waals surface area contributed by atoms with Gasteiger partial charge in [-0.15, -0.1) is 0 Å². The zero-order chi connectivity index (χ0) is 17.3. The fraction of sp³-hybridized carbons (Fsp3) is 0.333. The Morgan fingerprint density at radius 1 is 1.12 bits per heavy atom. The second-order valence-electron chi connectivity index (χ2n) is 6.13. The summed E-state index contributed by atoms with van der Waals surface area (Å²) in [4.78, 5) is 0.279. The van der Waals surface area contributed by atoms with Crippen molar-refractivity contribution in [3.63, 3.8) is 0 Å². The Morgan fingerprint density at radius 2 is 1.83 bits per heavy atom. The smallest absolute Gasteiger partial charge is 0.243 e. The first-order chi connectivity index (χ1) is 11.4. The van der Waals surface area contributed by atoms with E-state index in [-0.39, 0.29) is 16.9 Å². The molecular weight excluding hydrogens is 324 g/mol. The highest BCUT2D eigenvalue weighted by Crippen LogP contribution is 2.31. The number of methoxy groups -OCH3 is 1. The molecule has 0 aromatic heterocycles. The van der Waals surface area contributed by atoms with Crippen molar-refractivity contribution in [1.29, 1.82) is 0 Å². The number of ether oxygens (including phenoxy) is 1. The standard InChI is InChI=1S/C18H22N2O3S/c1-13-10-15(8-9-18(13)23-2)24(21,22)20-11-16(17(19)12-20)14-6-4-3-5-7-14/h3-10,16-17H,11-12,19H2,1-2H3/t16-,17+/m0/s1. The normalized spacial score (nSPS) is 21.8. The van der Waals surface area contributed by atoms with E-state index >= 15 is 0 Å². The third-order valence-corrected chi connectivity index (χ3v) is 6.39. The van der Waals surface area contributed by atoms with E-state index in [9.17, 15) is 8.42 Å². The van der Waals surface area contributed by atoms with Crippen molar-refractivity contribution < 1.29 is 13.2 Å². The summed E-state index contributed by atoms with van der Waals surface area (Å²) in [7, 11) is -1.99. The summed E-state index contributed by atoms with van der Waals surface area (Å²) in [5.41, 5.74) is 8.10. The number of nitrogens with two attached hydrogens (primary N) is 1. The van der Waals surface area contributed by atoms with Gasteiger partial charge in [-0.3, -0.25) is 0 Å². The lowest BCUT2D eigenvalue weighted by Gasteiger charge is -2.17. The minimum absolute atomic E-state index is 0.0142. The summed E-state index contributed by atoms with van der Waals surface area (Å²) in [6.07, 6.45) is 0. The highest BCUT2D eigenvalue weighted by Gasteiger charge is 2.38. The molecule has 3 rings (SSSR count). The Bertz CT molecular complexity index is 821. The maximum Gasteiger partial charge on any atom is 0.243 e. The van der Waals surface area contributed by atoms with Crippen LogP contribution >= 0.6 is 0 Å². The van der Waals surface area contributed by atoms with Crippen LogP contribution in [0.4, 0.5) is 0 Å². The van der Waals surface area contributed by atoms with Crippen LogP contribution in [0, 0.1) is 6.92 Å². The highest BCUT2D eigenvalue weighted by atomic mass is 32.2. The molecule has 1 aliphatic rings. The summed E-state index contributed by atoms with van der Waals surface area (Å²) >= 11 is 0. The largest absolute Gasteiger partial charge is 0.496 e. The molecule has 2 atom stereocenters. The molecule has 0 bridgehead atoms. The van der Waals surface area contributed by atoms with Crippen LogP contribution in [0.1, 0.15) is 17.0 Å². The molecule has 0 amide bonds. The summed E-state index contributed by atoms with van der Waals surface area (Å²) in [5, 5.41) is 0. The maximum absolute atomic E-state index is 12.9. The lowest BCUT2D eigenvalue weighted by Crippen LogP contribution is -2.32. The first-order valence-electron chi connectivity index (χ1n) is 7.89. The fourth-order valence-corrected chi connectivity index (χ4v) is 4.79. The number of hydrogen-bond acceptors (Lipinski definition) is 4. The third-order valence-electron chi connectivity index (χ3n) is 4.56. The van der Waals surface area contributed by atoms with E-state index in [2.05, 4.69) is 0 Å². The predicted molar refractivity (Wildman–Crippen MR) is 93.6 cm³/mol. The van der Waals surface area contributed by atoms with Gasteiger partial charge < -0.3 is 10.5 Å². The van der Waals surface area contributed by atoms with Gasteiger partial charge in [0.05, 0.1) is 12.0 Å². The van der Waals surface area contributed by atoms with Gasteiger partial charge in [0.25, 0.3) is 0 Å². The number of hydrogen-bond donors (Lipinski definition) is 1. The van der Waals surface area contributed by atoms with Crippen LogP contribution in [-0.4, -0.2) is 39.0 Å². The molecule has 0 saturated carbocycles. The van der Waals surface area contributed by atoms with Gasteiger partial charge in [-0.1, -0.05) is 30.3 Å². The SMILES string of the molecule is COc1ccc(S(=O)(=O)N2C[C@@H](N)[C@H](c3ccccc3)C2)cc1C. The summed E-state index contributed by atoms with van der Waals surface area (Å²) in [6, 6.07) is 14.6. The van der Waals surface area contributed by atoms with E-state index in [0.717, 1.165) is 11.1 Å². The Hall–Kier alpha value is -1.89. The molecular formula is C18H22N2O3S. The molecule has 1 saturated heterocycles. The molecule has 0 unspecified atom stereocenters. The van der Waals surface area contributed by atoms with Crippen molar-refractivity contribution in [3.05, 3.63) is 59.7 Å². The monoisotopic (exact) mass is 346 g/mol. The van der Waals surface area contributed by atoms with E-state index in [1.807, 2.05) is 37.3 Å². The molecule has 1 aliphatic heterocycles. The average Bonchev–Trinajstić information content (AvgIpc) is 2.98. The number of nitrogens with zero attached hydrogens (tertiary/aromatic N) is 1. The van der Waals surface area contributed by atoms with Crippen LogP contribution in [0.25, 0.3) is 0 Å². The predicted octanol–water partition coefficient (Wildman–Crippen LogP) is 2.12. The van der Waals surface area contributed by atoms with Gasteiger partial charge in [0, 0.05) is 25.0 Å². The van der Waals surface area contributed by atoms with Crippen LogP contribution in [-0.2, 0) is 10.0 Å². The van der Waals surface area contributed by atoms with Crippen molar-refractivity contribution in [2.24, 2.45) is 5.73 Å². The van der Waals surface area contributed by atoms with Crippen molar-refractivity contribution in [1.82, 2.24) is 4.31 Å².